The molecule has 0 aliphatic rings. The van der Waals surface area contributed by atoms with Gasteiger partial charge in [-0.05, 0) is 25.1 Å². The number of hydrogen-bond donors (Lipinski definition) is 0. The minimum absolute atomic E-state index is 0.289. The maximum absolute atomic E-state index is 12.1. The molecule has 0 aliphatic carbocycles. The van der Waals surface area contributed by atoms with Gasteiger partial charge < -0.3 is 0 Å². The van der Waals surface area contributed by atoms with Gasteiger partial charge in [-0.2, -0.15) is 0 Å². The molecule has 5 heteroatoms. The van der Waals surface area contributed by atoms with Crippen molar-refractivity contribution >= 4 is 10.0 Å². The summed E-state index contributed by atoms with van der Waals surface area (Å²) in [5.41, 5.74) is 0. The van der Waals surface area contributed by atoms with E-state index in [0.29, 0.717) is 6.54 Å². The van der Waals surface area contributed by atoms with Crippen LogP contribution in [-0.4, -0.2) is 38.5 Å². The number of hydrazine groups is 1. The molecule has 0 aliphatic heterocycles. The van der Waals surface area contributed by atoms with Crippen molar-refractivity contribution in [2.24, 2.45) is 0 Å². The van der Waals surface area contributed by atoms with E-state index in [1.807, 2.05) is 0 Å². The molecular formula is C10H15N2O2S. The highest BCUT2D eigenvalue weighted by atomic mass is 32.2. The molecule has 0 atom stereocenters. The fraction of sp³-hybridized carbons (Fsp3) is 0.400. The van der Waals surface area contributed by atoms with Gasteiger partial charge in [-0.25, -0.2) is 13.4 Å². The zero-order valence-corrected chi connectivity index (χ0v) is 9.95. The second-order valence-corrected chi connectivity index (χ2v) is 5.07. The molecule has 0 aromatic heterocycles. The van der Waals surface area contributed by atoms with Crippen LogP contribution in [0.3, 0.4) is 0 Å². The van der Waals surface area contributed by atoms with E-state index in [0.717, 1.165) is 0 Å². The van der Waals surface area contributed by atoms with Crippen LogP contribution in [0.25, 0.3) is 0 Å². The Kier molecular flexibility index (Phi) is 3.84. The lowest BCUT2D eigenvalue weighted by molar-refractivity contribution is 0.133. The highest BCUT2D eigenvalue weighted by Gasteiger charge is 2.24. The van der Waals surface area contributed by atoms with Gasteiger partial charge in [0.05, 0.1) is 4.90 Å². The van der Waals surface area contributed by atoms with Gasteiger partial charge in [0.2, 0.25) is 0 Å². The van der Waals surface area contributed by atoms with E-state index in [1.54, 1.807) is 50.3 Å². The number of sulfonamides is 1. The largest absolute Gasteiger partial charge is 0.255 e. The van der Waals surface area contributed by atoms with E-state index < -0.39 is 10.0 Å². The van der Waals surface area contributed by atoms with Gasteiger partial charge in [-0.15, -0.1) is 4.41 Å². The van der Waals surface area contributed by atoms with Gasteiger partial charge in [0, 0.05) is 20.6 Å². The molecule has 0 unspecified atom stereocenters. The molecule has 0 fully saturated rings. The van der Waals surface area contributed by atoms with Gasteiger partial charge in [0.25, 0.3) is 10.0 Å². The summed E-state index contributed by atoms with van der Waals surface area (Å²) in [6, 6.07) is 9.07. The minimum Gasteiger partial charge on any atom is -0.234 e. The molecule has 1 aromatic rings. The molecule has 4 nitrogen and oxygen atoms in total. The predicted molar refractivity (Wildman–Crippen MR) is 58.5 cm³/mol. The first-order chi connectivity index (χ1) is 7.00. The average Bonchev–Trinajstić information content (AvgIpc) is 2.19. The van der Waals surface area contributed by atoms with E-state index in [4.69, 9.17) is 0 Å². The van der Waals surface area contributed by atoms with Crippen molar-refractivity contribution in [2.45, 2.75) is 11.8 Å². The molecule has 15 heavy (non-hydrogen) atoms. The Morgan fingerprint density at radius 2 is 1.80 bits per heavy atom. The second kappa shape index (κ2) is 4.74. The number of benzene rings is 1. The Balaban J connectivity index is 3.13. The lowest BCUT2D eigenvalue weighted by Crippen LogP contribution is -2.41. The van der Waals surface area contributed by atoms with Crippen molar-refractivity contribution in [3.8, 4) is 0 Å². The Morgan fingerprint density at radius 1 is 1.27 bits per heavy atom. The molecule has 1 rings (SSSR count). The first kappa shape index (κ1) is 12.2. The van der Waals surface area contributed by atoms with Crippen LogP contribution in [0.4, 0.5) is 0 Å². The third-order valence-corrected chi connectivity index (χ3v) is 3.99. The van der Waals surface area contributed by atoms with Crippen molar-refractivity contribution in [1.29, 1.82) is 0 Å². The normalized spacial score (nSPS) is 12.3. The number of hydrogen-bond acceptors (Lipinski definition) is 3. The van der Waals surface area contributed by atoms with Crippen molar-refractivity contribution in [1.82, 2.24) is 9.42 Å². The van der Waals surface area contributed by atoms with Crippen molar-refractivity contribution in [3.63, 3.8) is 0 Å². The molecule has 0 saturated carbocycles. The fourth-order valence-electron chi connectivity index (χ4n) is 1.33. The smallest absolute Gasteiger partial charge is 0.234 e. The van der Waals surface area contributed by atoms with Crippen molar-refractivity contribution in [3.05, 3.63) is 30.3 Å². The van der Waals surface area contributed by atoms with E-state index >= 15 is 0 Å². The van der Waals surface area contributed by atoms with Crippen LogP contribution in [0.1, 0.15) is 6.92 Å². The molecule has 1 aromatic carbocycles. The topological polar surface area (TPSA) is 40.6 Å². The Hall–Kier alpha value is -0.910. The van der Waals surface area contributed by atoms with Crippen LogP contribution in [0.5, 0.6) is 0 Å². The molecule has 0 saturated heterocycles. The van der Waals surface area contributed by atoms with Crippen LogP contribution in [0.15, 0.2) is 29.2 Å². The first-order valence-corrected chi connectivity index (χ1v) is 6.10. The number of nitrogens with zero attached hydrogens (tertiary/aromatic N) is 2. The Bertz CT molecular complexity index is 401. The fourth-order valence-corrected chi connectivity index (χ4v) is 2.83. The predicted octanol–water partition coefficient (Wildman–Crippen LogP) is 0.974. The Morgan fingerprint density at radius 3 is 2.20 bits per heavy atom. The molecule has 0 bridgehead atoms. The minimum atomic E-state index is -3.41. The van der Waals surface area contributed by atoms with Crippen LogP contribution < -0.4 is 0 Å². The monoisotopic (exact) mass is 227 g/mol. The van der Waals surface area contributed by atoms with Crippen molar-refractivity contribution < 1.29 is 8.42 Å². The van der Waals surface area contributed by atoms with Gasteiger partial charge in [0.1, 0.15) is 0 Å². The molecule has 0 amide bonds. The zero-order valence-electron chi connectivity index (χ0n) is 9.14. The lowest BCUT2D eigenvalue weighted by atomic mass is 10.4. The van der Waals surface area contributed by atoms with E-state index in [2.05, 4.69) is 6.07 Å². The molecular weight excluding hydrogens is 212 g/mol. The van der Waals surface area contributed by atoms with Gasteiger partial charge >= 0.3 is 0 Å². The molecule has 83 valence electrons. The highest BCUT2D eigenvalue weighted by Crippen LogP contribution is 2.14. The summed E-state index contributed by atoms with van der Waals surface area (Å²) in [6.07, 6.45) is 0. The van der Waals surface area contributed by atoms with Crippen molar-refractivity contribution in [2.75, 3.05) is 20.6 Å². The molecule has 0 N–H and O–H groups in total. The standard InChI is InChI=1S/C10H15N2O2S/c1-4-12(11(2)3)15(13,14)10-8-6-5-7-9-10/h6-9H,4H2,1-3H3. The molecule has 1 radical (unpaired) electrons. The second-order valence-electron chi connectivity index (χ2n) is 3.23. The van der Waals surface area contributed by atoms with Gasteiger partial charge in [-0.3, -0.25) is 0 Å². The SMILES string of the molecule is CCN(N(C)C)S(=O)(=O)c1cc[c]cc1. The summed E-state index contributed by atoms with van der Waals surface area (Å²) < 4.78 is 25.5. The third kappa shape index (κ3) is 2.56. The summed E-state index contributed by atoms with van der Waals surface area (Å²) in [6.45, 7) is 2.21. The molecule has 0 heterocycles. The average molecular weight is 227 g/mol. The summed E-state index contributed by atoms with van der Waals surface area (Å²) in [5.74, 6) is 0. The van der Waals surface area contributed by atoms with Crippen LogP contribution in [0, 0.1) is 6.07 Å². The van der Waals surface area contributed by atoms with Gasteiger partial charge in [0.15, 0.2) is 0 Å². The first-order valence-electron chi connectivity index (χ1n) is 4.66. The Labute approximate surface area is 91.1 Å². The summed E-state index contributed by atoms with van der Waals surface area (Å²) >= 11 is 0. The van der Waals surface area contributed by atoms with E-state index in [9.17, 15) is 8.42 Å². The quantitative estimate of drug-likeness (QED) is 0.720. The lowest BCUT2D eigenvalue weighted by Gasteiger charge is -2.26. The van der Waals surface area contributed by atoms with Crippen LogP contribution in [-0.2, 0) is 10.0 Å². The van der Waals surface area contributed by atoms with E-state index in [-0.39, 0.29) is 4.90 Å². The van der Waals surface area contributed by atoms with E-state index in [1.165, 1.54) is 4.41 Å². The van der Waals surface area contributed by atoms with Crippen LogP contribution in [0.2, 0.25) is 0 Å². The maximum atomic E-state index is 12.1. The maximum Gasteiger partial charge on any atom is 0.255 e. The summed E-state index contributed by atoms with van der Waals surface area (Å²) in [4.78, 5) is 0.289. The van der Waals surface area contributed by atoms with Gasteiger partial charge in [-0.1, -0.05) is 12.1 Å². The summed E-state index contributed by atoms with van der Waals surface area (Å²) in [5, 5.41) is 1.56. The highest BCUT2D eigenvalue weighted by molar-refractivity contribution is 7.89. The summed E-state index contributed by atoms with van der Waals surface area (Å²) in [7, 11) is -0.00218. The number of rotatable bonds is 4. The van der Waals surface area contributed by atoms with Crippen LogP contribution >= 0.6 is 0 Å². The third-order valence-electron chi connectivity index (χ3n) is 1.98. The zero-order chi connectivity index (χ0) is 11.5. The molecule has 0 spiro atoms.